The summed E-state index contributed by atoms with van der Waals surface area (Å²) in [6.45, 7) is 9.76. The number of aromatic carboxylic acids is 1. The van der Waals surface area contributed by atoms with Gasteiger partial charge in [0.1, 0.15) is 9.09 Å². The normalized spacial score (nSPS) is 13.4. The Balaban J connectivity index is 2.97. The van der Waals surface area contributed by atoms with Crippen molar-refractivity contribution in [2.45, 2.75) is 50.8 Å². The van der Waals surface area contributed by atoms with Crippen LogP contribution in [0.4, 0.5) is 0 Å². The van der Waals surface area contributed by atoms with Crippen molar-refractivity contribution < 1.29 is 18.3 Å². The number of sulfonamides is 1. The molecule has 0 spiro atoms. The van der Waals surface area contributed by atoms with Crippen LogP contribution in [0, 0.1) is 5.41 Å². The highest BCUT2D eigenvalue weighted by Gasteiger charge is 2.31. The zero-order chi connectivity index (χ0) is 15.8. The average Bonchev–Trinajstić information content (AvgIpc) is 2.59. The summed E-state index contributed by atoms with van der Waals surface area (Å²) >= 11 is 0.757. The van der Waals surface area contributed by atoms with Crippen molar-refractivity contribution in [3.63, 3.8) is 0 Å². The third-order valence-electron chi connectivity index (χ3n) is 2.44. The molecule has 7 heteroatoms. The number of nitrogens with one attached hydrogen (secondary N) is 1. The molecule has 0 unspecified atom stereocenters. The monoisotopic (exact) mass is 319 g/mol. The minimum atomic E-state index is -3.70. The van der Waals surface area contributed by atoms with Crippen LogP contribution in [-0.2, 0) is 10.0 Å². The fraction of sp³-hybridized carbons (Fsp3) is 0.615. The maximum Gasteiger partial charge on any atom is 0.345 e. The fourth-order valence-corrected chi connectivity index (χ4v) is 4.91. The molecule has 2 N–H and O–H groups in total. The van der Waals surface area contributed by atoms with Crippen LogP contribution >= 0.6 is 11.3 Å². The molecule has 114 valence electrons. The van der Waals surface area contributed by atoms with Crippen molar-refractivity contribution in [1.82, 2.24) is 4.72 Å². The van der Waals surface area contributed by atoms with Crippen LogP contribution in [0.5, 0.6) is 0 Å². The first-order valence-corrected chi connectivity index (χ1v) is 8.50. The lowest BCUT2D eigenvalue weighted by atomic mass is 9.82. The van der Waals surface area contributed by atoms with E-state index in [-0.39, 0.29) is 14.5 Å². The molecule has 0 amide bonds. The maximum atomic E-state index is 12.3. The van der Waals surface area contributed by atoms with Crippen LogP contribution in [0.2, 0.25) is 0 Å². The van der Waals surface area contributed by atoms with Gasteiger partial charge in [-0.05, 0) is 37.8 Å². The fourth-order valence-electron chi connectivity index (χ4n) is 2.36. The van der Waals surface area contributed by atoms with Gasteiger partial charge in [-0.2, -0.15) is 0 Å². The van der Waals surface area contributed by atoms with E-state index in [9.17, 15) is 13.2 Å². The van der Waals surface area contributed by atoms with E-state index in [2.05, 4.69) is 4.72 Å². The molecule has 0 fully saturated rings. The molecule has 1 heterocycles. The van der Waals surface area contributed by atoms with Gasteiger partial charge in [-0.3, -0.25) is 0 Å². The number of hydrogen-bond acceptors (Lipinski definition) is 4. The predicted molar refractivity (Wildman–Crippen MR) is 79.8 cm³/mol. The van der Waals surface area contributed by atoms with Crippen LogP contribution in [0.15, 0.2) is 16.3 Å². The smallest absolute Gasteiger partial charge is 0.345 e. The summed E-state index contributed by atoms with van der Waals surface area (Å²) in [6, 6.07) is 2.63. The lowest BCUT2D eigenvalue weighted by molar-refractivity contribution is 0.0702. The summed E-state index contributed by atoms with van der Waals surface area (Å²) in [4.78, 5) is 10.8. The second kappa shape index (κ2) is 5.46. The van der Waals surface area contributed by atoms with E-state index in [4.69, 9.17) is 5.11 Å². The van der Waals surface area contributed by atoms with Crippen molar-refractivity contribution >= 4 is 27.3 Å². The predicted octanol–water partition coefficient (Wildman–Crippen LogP) is 2.94. The molecule has 1 aromatic heterocycles. The second-order valence-corrected chi connectivity index (χ2v) is 9.64. The zero-order valence-corrected chi connectivity index (χ0v) is 14.0. The number of carboxylic acid groups (broad SMARTS) is 1. The lowest BCUT2D eigenvalue weighted by Crippen LogP contribution is -2.45. The molecule has 0 aliphatic rings. The Kier molecular flexibility index (Phi) is 4.68. The van der Waals surface area contributed by atoms with E-state index >= 15 is 0 Å². The van der Waals surface area contributed by atoms with E-state index in [1.165, 1.54) is 12.1 Å². The standard InChI is InChI=1S/C13H21NO4S2/c1-12(2,3)8-13(4,5)14-20(17,18)10-7-6-9(19-10)11(15)16/h6-7,14H,8H2,1-5H3,(H,15,16). The molecule has 0 bridgehead atoms. The van der Waals surface area contributed by atoms with Gasteiger partial charge < -0.3 is 5.11 Å². The molecule has 0 aliphatic heterocycles. The summed E-state index contributed by atoms with van der Waals surface area (Å²) < 4.78 is 27.2. The summed E-state index contributed by atoms with van der Waals surface area (Å²) in [7, 11) is -3.70. The number of rotatable bonds is 5. The van der Waals surface area contributed by atoms with Gasteiger partial charge in [0.2, 0.25) is 0 Å². The molecular weight excluding hydrogens is 298 g/mol. The second-order valence-electron chi connectivity index (χ2n) is 6.65. The first-order valence-electron chi connectivity index (χ1n) is 6.20. The van der Waals surface area contributed by atoms with E-state index in [0.29, 0.717) is 6.42 Å². The Bertz CT molecular complexity index is 594. The van der Waals surface area contributed by atoms with Gasteiger partial charge in [-0.15, -0.1) is 11.3 Å². The summed E-state index contributed by atoms with van der Waals surface area (Å²) in [5.41, 5.74) is -0.627. The molecule has 0 saturated carbocycles. The average molecular weight is 319 g/mol. The Hall–Kier alpha value is -0.920. The Morgan fingerprint density at radius 2 is 1.80 bits per heavy atom. The minimum Gasteiger partial charge on any atom is -0.477 e. The lowest BCUT2D eigenvalue weighted by Gasteiger charge is -2.32. The van der Waals surface area contributed by atoms with E-state index in [1.54, 1.807) is 0 Å². The van der Waals surface area contributed by atoms with Gasteiger partial charge >= 0.3 is 5.97 Å². The van der Waals surface area contributed by atoms with Crippen LogP contribution in [0.3, 0.4) is 0 Å². The molecule has 1 rings (SSSR count). The van der Waals surface area contributed by atoms with Gasteiger partial charge in [0.25, 0.3) is 10.0 Å². The number of hydrogen-bond donors (Lipinski definition) is 2. The number of thiophene rings is 1. The molecule has 0 aromatic carbocycles. The van der Waals surface area contributed by atoms with Crippen molar-refractivity contribution in [1.29, 1.82) is 0 Å². The highest BCUT2D eigenvalue weighted by molar-refractivity contribution is 7.91. The summed E-state index contributed by atoms with van der Waals surface area (Å²) in [6.07, 6.45) is 0.663. The molecule has 20 heavy (non-hydrogen) atoms. The number of carbonyl (C=O) groups is 1. The zero-order valence-electron chi connectivity index (χ0n) is 12.4. The van der Waals surface area contributed by atoms with Crippen molar-refractivity contribution in [2.24, 2.45) is 5.41 Å². The number of carboxylic acids is 1. The molecule has 1 aromatic rings. The topological polar surface area (TPSA) is 83.5 Å². The summed E-state index contributed by atoms with van der Waals surface area (Å²) in [5, 5.41) is 8.84. The van der Waals surface area contributed by atoms with Crippen LogP contribution in [0.1, 0.15) is 50.7 Å². The van der Waals surface area contributed by atoms with Crippen LogP contribution in [0.25, 0.3) is 0 Å². The Morgan fingerprint density at radius 3 is 2.20 bits per heavy atom. The highest BCUT2D eigenvalue weighted by atomic mass is 32.2. The maximum absolute atomic E-state index is 12.3. The molecule has 0 atom stereocenters. The quantitative estimate of drug-likeness (QED) is 0.874. The van der Waals surface area contributed by atoms with Crippen molar-refractivity contribution in [3.05, 3.63) is 17.0 Å². The van der Waals surface area contributed by atoms with Gasteiger partial charge in [-0.1, -0.05) is 20.8 Å². The van der Waals surface area contributed by atoms with Crippen molar-refractivity contribution in [3.8, 4) is 0 Å². The first kappa shape index (κ1) is 17.1. The third-order valence-corrected chi connectivity index (χ3v) is 5.70. The summed E-state index contributed by atoms with van der Waals surface area (Å²) in [5.74, 6) is -1.12. The SMILES string of the molecule is CC(C)(C)CC(C)(C)NS(=O)(=O)c1ccc(C(=O)O)s1. The molecular formula is C13H21NO4S2. The molecule has 0 saturated heterocycles. The van der Waals surface area contributed by atoms with Gasteiger partial charge in [0.15, 0.2) is 0 Å². The van der Waals surface area contributed by atoms with Crippen LogP contribution < -0.4 is 4.72 Å². The van der Waals surface area contributed by atoms with Crippen LogP contribution in [-0.4, -0.2) is 25.0 Å². The van der Waals surface area contributed by atoms with Gasteiger partial charge in [0.05, 0.1) is 0 Å². The van der Waals surface area contributed by atoms with E-state index in [0.717, 1.165) is 11.3 Å². The Labute approximate surface area is 124 Å². The first-order chi connectivity index (χ1) is 8.82. The largest absolute Gasteiger partial charge is 0.477 e. The van der Waals surface area contributed by atoms with Gasteiger partial charge in [0, 0.05) is 5.54 Å². The van der Waals surface area contributed by atoms with Crippen molar-refractivity contribution in [2.75, 3.05) is 0 Å². The molecule has 0 radical (unpaired) electrons. The van der Waals surface area contributed by atoms with Gasteiger partial charge in [-0.25, -0.2) is 17.9 Å². The minimum absolute atomic E-state index is 0.0130. The molecule has 0 aliphatic carbocycles. The van der Waals surface area contributed by atoms with E-state index < -0.39 is 21.5 Å². The van der Waals surface area contributed by atoms with E-state index in [1.807, 2.05) is 34.6 Å². The highest BCUT2D eigenvalue weighted by Crippen LogP contribution is 2.29. The Morgan fingerprint density at radius 1 is 1.25 bits per heavy atom. The molecule has 5 nitrogen and oxygen atoms in total. The third kappa shape index (κ3) is 4.88.